The fourth-order valence-corrected chi connectivity index (χ4v) is 4.04. The average Bonchev–Trinajstić information content (AvgIpc) is 2.95. The Kier molecular flexibility index (Phi) is 4.28. The molecule has 4 heteroatoms. The van der Waals surface area contributed by atoms with Gasteiger partial charge in [0.15, 0.2) is 0 Å². The SMILES string of the molecule is c1csc(C2CCN(CC3CCNCC3)CC2)n1. The smallest absolute Gasteiger partial charge is 0.0956 e. The van der Waals surface area contributed by atoms with E-state index in [4.69, 9.17) is 0 Å². The second kappa shape index (κ2) is 6.13. The molecule has 1 aromatic heterocycles. The zero-order valence-corrected chi connectivity index (χ0v) is 11.8. The van der Waals surface area contributed by atoms with Gasteiger partial charge in [0.2, 0.25) is 0 Å². The molecule has 0 aromatic carbocycles. The van der Waals surface area contributed by atoms with Gasteiger partial charge < -0.3 is 10.2 Å². The van der Waals surface area contributed by atoms with E-state index in [9.17, 15) is 0 Å². The highest BCUT2D eigenvalue weighted by Gasteiger charge is 2.24. The van der Waals surface area contributed by atoms with Gasteiger partial charge >= 0.3 is 0 Å². The van der Waals surface area contributed by atoms with Gasteiger partial charge in [-0.1, -0.05) is 0 Å². The molecule has 18 heavy (non-hydrogen) atoms. The van der Waals surface area contributed by atoms with Gasteiger partial charge in [0.05, 0.1) is 5.01 Å². The normalized spacial score (nSPS) is 24.4. The number of nitrogens with one attached hydrogen (secondary N) is 1. The number of nitrogens with zero attached hydrogens (tertiary/aromatic N) is 2. The number of piperidine rings is 2. The Balaban J connectivity index is 1.45. The van der Waals surface area contributed by atoms with E-state index in [1.54, 1.807) is 0 Å². The average molecular weight is 265 g/mol. The van der Waals surface area contributed by atoms with Crippen molar-refractivity contribution in [2.24, 2.45) is 5.92 Å². The van der Waals surface area contributed by atoms with E-state index in [1.165, 1.54) is 63.4 Å². The zero-order valence-electron chi connectivity index (χ0n) is 11.0. The van der Waals surface area contributed by atoms with Gasteiger partial charge in [-0.2, -0.15) is 0 Å². The molecule has 0 amide bonds. The molecule has 0 unspecified atom stereocenters. The lowest BCUT2D eigenvalue weighted by Gasteiger charge is -2.34. The summed E-state index contributed by atoms with van der Waals surface area (Å²) in [5, 5.41) is 6.92. The van der Waals surface area contributed by atoms with E-state index < -0.39 is 0 Å². The van der Waals surface area contributed by atoms with Gasteiger partial charge in [-0.15, -0.1) is 11.3 Å². The van der Waals surface area contributed by atoms with Gasteiger partial charge in [-0.3, -0.25) is 0 Å². The van der Waals surface area contributed by atoms with Crippen molar-refractivity contribution in [3.05, 3.63) is 16.6 Å². The minimum Gasteiger partial charge on any atom is -0.317 e. The first-order valence-corrected chi connectivity index (χ1v) is 8.12. The lowest BCUT2D eigenvalue weighted by molar-refractivity contribution is 0.167. The van der Waals surface area contributed by atoms with E-state index >= 15 is 0 Å². The van der Waals surface area contributed by atoms with Crippen molar-refractivity contribution in [2.45, 2.75) is 31.6 Å². The lowest BCUT2D eigenvalue weighted by atomic mass is 9.93. The summed E-state index contributed by atoms with van der Waals surface area (Å²) in [5.41, 5.74) is 0. The molecular formula is C14H23N3S. The van der Waals surface area contributed by atoms with Crippen molar-refractivity contribution < 1.29 is 0 Å². The molecule has 0 saturated carbocycles. The van der Waals surface area contributed by atoms with Crippen molar-refractivity contribution in [1.82, 2.24) is 15.2 Å². The Labute approximate surface area is 114 Å². The second-order valence-electron chi connectivity index (χ2n) is 5.64. The summed E-state index contributed by atoms with van der Waals surface area (Å²) in [4.78, 5) is 7.15. The van der Waals surface area contributed by atoms with Crippen LogP contribution in [0.5, 0.6) is 0 Å². The van der Waals surface area contributed by atoms with Crippen molar-refractivity contribution >= 4 is 11.3 Å². The van der Waals surface area contributed by atoms with Crippen LogP contribution in [-0.4, -0.2) is 42.6 Å². The number of rotatable bonds is 3. The number of aromatic nitrogens is 1. The highest BCUT2D eigenvalue weighted by Crippen LogP contribution is 2.29. The molecule has 0 atom stereocenters. The van der Waals surface area contributed by atoms with E-state index in [2.05, 4.69) is 20.6 Å². The first kappa shape index (κ1) is 12.6. The quantitative estimate of drug-likeness (QED) is 0.909. The first-order chi connectivity index (χ1) is 8.92. The van der Waals surface area contributed by atoms with Crippen LogP contribution < -0.4 is 5.32 Å². The van der Waals surface area contributed by atoms with E-state index in [0.29, 0.717) is 0 Å². The minimum absolute atomic E-state index is 0.731. The monoisotopic (exact) mass is 265 g/mol. The van der Waals surface area contributed by atoms with Crippen LogP contribution >= 0.6 is 11.3 Å². The van der Waals surface area contributed by atoms with Gasteiger partial charge in [0.1, 0.15) is 0 Å². The van der Waals surface area contributed by atoms with E-state index in [1.807, 2.05) is 17.5 Å². The maximum absolute atomic E-state index is 4.47. The molecule has 0 spiro atoms. The van der Waals surface area contributed by atoms with Crippen LogP contribution in [0.4, 0.5) is 0 Å². The van der Waals surface area contributed by atoms with Gasteiger partial charge in [-0.05, 0) is 57.8 Å². The zero-order chi connectivity index (χ0) is 12.2. The van der Waals surface area contributed by atoms with Crippen LogP contribution in [0.3, 0.4) is 0 Å². The highest BCUT2D eigenvalue weighted by atomic mass is 32.1. The second-order valence-corrected chi connectivity index (χ2v) is 6.56. The fraction of sp³-hybridized carbons (Fsp3) is 0.786. The van der Waals surface area contributed by atoms with Crippen molar-refractivity contribution in [3.8, 4) is 0 Å². The van der Waals surface area contributed by atoms with Gasteiger partial charge in [0.25, 0.3) is 0 Å². The van der Waals surface area contributed by atoms with E-state index in [0.717, 1.165) is 11.8 Å². The van der Waals surface area contributed by atoms with Crippen LogP contribution in [0.2, 0.25) is 0 Å². The third-order valence-corrected chi connectivity index (χ3v) is 5.30. The first-order valence-electron chi connectivity index (χ1n) is 7.24. The molecule has 3 heterocycles. The molecule has 2 fully saturated rings. The predicted octanol–water partition coefficient (Wildman–Crippen LogP) is 2.32. The van der Waals surface area contributed by atoms with Crippen LogP contribution in [-0.2, 0) is 0 Å². The predicted molar refractivity (Wildman–Crippen MR) is 76.1 cm³/mol. The fourth-order valence-electron chi connectivity index (χ4n) is 3.23. The van der Waals surface area contributed by atoms with Gasteiger partial charge in [0, 0.05) is 24.0 Å². The van der Waals surface area contributed by atoms with Gasteiger partial charge in [-0.25, -0.2) is 4.98 Å². The van der Waals surface area contributed by atoms with Crippen LogP contribution in [0.1, 0.15) is 36.6 Å². The molecule has 100 valence electrons. The lowest BCUT2D eigenvalue weighted by Crippen LogP contribution is -2.39. The van der Waals surface area contributed by atoms with Crippen molar-refractivity contribution in [1.29, 1.82) is 0 Å². The Morgan fingerprint density at radius 3 is 2.67 bits per heavy atom. The Hall–Kier alpha value is -0.450. The molecule has 1 N–H and O–H groups in total. The van der Waals surface area contributed by atoms with Crippen molar-refractivity contribution in [3.63, 3.8) is 0 Å². The molecular weight excluding hydrogens is 242 g/mol. The summed E-state index contributed by atoms with van der Waals surface area (Å²) in [6.45, 7) is 6.31. The summed E-state index contributed by atoms with van der Waals surface area (Å²) in [5.74, 6) is 1.66. The molecule has 0 bridgehead atoms. The summed E-state index contributed by atoms with van der Waals surface area (Å²) < 4.78 is 0. The Morgan fingerprint density at radius 1 is 1.22 bits per heavy atom. The summed E-state index contributed by atoms with van der Waals surface area (Å²) in [7, 11) is 0. The minimum atomic E-state index is 0.731. The number of hydrogen-bond donors (Lipinski definition) is 1. The maximum Gasteiger partial charge on any atom is 0.0956 e. The summed E-state index contributed by atoms with van der Waals surface area (Å²) >= 11 is 1.83. The summed E-state index contributed by atoms with van der Waals surface area (Å²) in [6, 6.07) is 0. The third kappa shape index (κ3) is 3.11. The Morgan fingerprint density at radius 2 is 2.00 bits per heavy atom. The molecule has 3 rings (SSSR count). The largest absolute Gasteiger partial charge is 0.317 e. The molecule has 2 aliphatic rings. The third-order valence-electron chi connectivity index (χ3n) is 4.36. The van der Waals surface area contributed by atoms with Crippen LogP contribution in [0, 0.1) is 5.92 Å². The van der Waals surface area contributed by atoms with Crippen LogP contribution in [0.15, 0.2) is 11.6 Å². The number of thiazole rings is 1. The number of hydrogen-bond acceptors (Lipinski definition) is 4. The number of likely N-dealkylation sites (tertiary alicyclic amines) is 1. The maximum atomic E-state index is 4.47. The molecule has 0 radical (unpaired) electrons. The topological polar surface area (TPSA) is 28.2 Å². The highest BCUT2D eigenvalue weighted by molar-refractivity contribution is 7.09. The van der Waals surface area contributed by atoms with E-state index in [-0.39, 0.29) is 0 Å². The van der Waals surface area contributed by atoms with Crippen LogP contribution in [0.25, 0.3) is 0 Å². The molecule has 2 aliphatic heterocycles. The van der Waals surface area contributed by atoms with Crippen molar-refractivity contribution in [2.75, 3.05) is 32.7 Å². The molecule has 3 nitrogen and oxygen atoms in total. The Bertz CT molecular complexity index is 338. The molecule has 1 aromatic rings. The summed E-state index contributed by atoms with van der Waals surface area (Å²) in [6.07, 6.45) is 7.29. The molecule has 2 saturated heterocycles. The molecule has 0 aliphatic carbocycles. The standard InChI is InChI=1S/C14H23N3S/c1-5-15-6-2-12(1)11-17-8-3-13(4-9-17)14-16-7-10-18-14/h7,10,12-13,15H,1-6,8-9,11H2.